The van der Waals surface area contributed by atoms with Crippen molar-refractivity contribution in [2.24, 2.45) is 5.73 Å². The maximum Gasteiger partial charge on any atom is 0.255 e. The highest BCUT2D eigenvalue weighted by molar-refractivity contribution is 7.79. The lowest BCUT2D eigenvalue weighted by Crippen LogP contribution is -2.20. The number of aryl methyl sites for hydroxylation is 3. The van der Waals surface area contributed by atoms with Crippen LogP contribution in [-0.2, 0) is 15.9 Å². The van der Waals surface area contributed by atoms with Crippen molar-refractivity contribution in [2.45, 2.75) is 20.8 Å². The Bertz CT molecular complexity index is 1390. The summed E-state index contributed by atoms with van der Waals surface area (Å²) in [6.07, 6.45) is 3.36. The van der Waals surface area contributed by atoms with Gasteiger partial charge in [0.25, 0.3) is 5.91 Å². The van der Waals surface area contributed by atoms with E-state index >= 15 is 0 Å². The van der Waals surface area contributed by atoms with Gasteiger partial charge in [-0.1, -0.05) is 24.3 Å². The highest BCUT2D eigenvalue weighted by atomic mass is 32.2. The van der Waals surface area contributed by atoms with Gasteiger partial charge < -0.3 is 20.0 Å². The van der Waals surface area contributed by atoms with E-state index in [0.29, 0.717) is 22.8 Å². The number of aromatic nitrogens is 2. The zero-order valence-corrected chi connectivity index (χ0v) is 20.2. The number of nitrogens with zero attached hydrogens (tertiary/aromatic N) is 2. The first kappa shape index (κ1) is 23.3. The molecule has 176 valence electrons. The largest absolute Gasteiger partial charge is 0.483 e. The molecule has 0 bridgehead atoms. The molecule has 3 N–H and O–H groups in total. The quantitative estimate of drug-likeness (QED) is 0.393. The molecule has 4 rings (SSSR count). The van der Waals surface area contributed by atoms with Gasteiger partial charge in [-0.25, -0.2) is 9.19 Å². The van der Waals surface area contributed by atoms with Gasteiger partial charge >= 0.3 is 0 Å². The Hall–Kier alpha value is -3.85. The molecule has 0 saturated carbocycles. The minimum absolute atomic E-state index is 0.321. The van der Waals surface area contributed by atoms with Crippen LogP contribution in [-0.4, -0.2) is 32.4 Å². The molecule has 4 aromatic rings. The molecule has 8 nitrogen and oxygen atoms in total. The molecule has 0 aliphatic rings. The number of carbonyl (C=O) groups excluding carboxylic acids is 1. The number of benzene rings is 2. The number of anilines is 2. The van der Waals surface area contributed by atoms with Crippen LogP contribution in [0.25, 0.3) is 16.9 Å². The summed E-state index contributed by atoms with van der Waals surface area (Å²) in [5, 5.41) is 3.57. The van der Waals surface area contributed by atoms with Crippen LogP contribution in [0.3, 0.4) is 0 Å². The van der Waals surface area contributed by atoms with E-state index in [2.05, 4.69) is 5.32 Å². The van der Waals surface area contributed by atoms with Crippen molar-refractivity contribution in [3.05, 3.63) is 71.4 Å². The number of ether oxygens (including phenoxy) is 1. The number of hydrogen-bond acceptors (Lipinski definition) is 6. The summed E-state index contributed by atoms with van der Waals surface area (Å²) in [4.78, 5) is 16.4. The van der Waals surface area contributed by atoms with E-state index in [4.69, 9.17) is 19.6 Å². The molecule has 9 heteroatoms. The first-order valence-electron chi connectivity index (χ1n) is 10.6. The van der Waals surface area contributed by atoms with E-state index in [1.807, 2.05) is 67.8 Å². The Kier molecular flexibility index (Phi) is 6.56. The van der Waals surface area contributed by atoms with Crippen molar-refractivity contribution in [3.63, 3.8) is 0 Å². The first-order chi connectivity index (χ1) is 16.2. The van der Waals surface area contributed by atoms with Crippen molar-refractivity contribution in [3.8, 4) is 22.8 Å². The van der Waals surface area contributed by atoms with Gasteiger partial charge in [-0.15, -0.1) is 0 Å². The predicted molar refractivity (Wildman–Crippen MR) is 134 cm³/mol. The lowest BCUT2D eigenvalue weighted by Gasteiger charge is -2.17. The van der Waals surface area contributed by atoms with E-state index in [1.54, 1.807) is 12.1 Å². The van der Waals surface area contributed by atoms with E-state index in [1.165, 1.54) is 6.26 Å². The Morgan fingerprint density at radius 1 is 1.09 bits per heavy atom. The van der Waals surface area contributed by atoms with Crippen molar-refractivity contribution >= 4 is 34.1 Å². The minimum atomic E-state index is -1.52. The number of carbonyl (C=O) groups is 1. The fourth-order valence-electron chi connectivity index (χ4n) is 3.89. The molecule has 2 aromatic heterocycles. The van der Waals surface area contributed by atoms with Crippen LogP contribution < -0.4 is 20.0 Å². The molecule has 1 atom stereocenters. The van der Waals surface area contributed by atoms with E-state index in [9.17, 15) is 9.00 Å². The lowest BCUT2D eigenvalue weighted by molar-refractivity contribution is -0.119. The average Bonchev–Trinajstić information content (AvgIpc) is 3.12. The number of nitrogens with two attached hydrogens (primary N) is 1. The summed E-state index contributed by atoms with van der Waals surface area (Å²) in [5.74, 6) is 0.840. The number of fused-ring (bicyclic) bond motifs is 1. The van der Waals surface area contributed by atoms with Crippen LogP contribution in [0, 0.1) is 20.8 Å². The van der Waals surface area contributed by atoms with Gasteiger partial charge in [0.15, 0.2) is 6.61 Å². The van der Waals surface area contributed by atoms with Crippen molar-refractivity contribution < 1.29 is 17.9 Å². The molecule has 0 aliphatic heterocycles. The fourth-order valence-corrected chi connectivity index (χ4v) is 4.26. The Balaban J connectivity index is 1.95. The summed E-state index contributed by atoms with van der Waals surface area (Å²) < 4.78 is 24.8. The summed E-state index contributed by atoms with van der Waals surface area (Å²) >= 11 is -1.52. The van der Waals surface area contributed by atoms with Crippen molar-refractivity contribution in [2.75, 3.05) is 18.2 Å². The first-order valence-corrected chi connectivity index (χ1v) is 12.1. The summed E-state index contributed by atoms with van der Waals surface area (Å²) in [7, 11) is 0. The molecule has 1 unspecified atom stereocenters. The average molecular weight is 479 g/mol. The topological polar surface area (TPSA) is 108 Å². The lowest BCUT2D eigenvalue weighted by atomic mass is 10.0. The van der Waals surface area contributed by atoms with Crippen molar-refractivity contribution in [1.82, 2.24) is 9.38 Å². The van der Waals surface area contributed by atoms with Gasteiger partial charge in [0.2, 0.25) is 11.1 Å². The smallest absolute Gasteiger partial charge is 0.255 e. The van der Waals surface area contributed by atoms with E-state index < -0.39 is 17.0 Å². The predicted octanol–water partition coefficient (Wildman–Crippen LogP) is 4.21. The number of rotatable bonds is 8. The number of primary amides is 1. The highest BCUT2D eigenvalue weighted by Crippen LogP contribution is 2.41. The molecule has 2 heterocycles. The van der Waals surface area contributed by atoms with Crippen LogP contribution in [0.1, 0.15) is 16.7 Å². The number of para-hydroxylation sites is 1. The maximum absolute atomic E-state index is 11.6. The Labute approximate surface area is 200 Å². The van der Waals surface area contributed by atoms with E-state index in [0.717, 1.165) is 33.8 Å². The third-order valence-corrected chi connectivity index (χ3v) is 5.77. The van der Waals surface area contributed by atoms with Crippen LogP contribution in [0.5, 0.6) is 11.5 Å². The monoisotopic (exact) mass is 478 g/mol. The maximum atomic E-state index is 11.6. The van der Waals surface area contributed by atoms with Crippen LogP contribution >= 0.6 is 0 Å². The third kappa shape index (κ3) is 4.74. The standard InChI is InChI=1S/C25H26N4O4S/c1-15-8-7-9-16(2)23(15)28-25-24(27-21-10-5-6-11-29(21)25)22-17(3)12-18(33-34(4)31)13-19(22)32-14-20(26)30/h5-13,28H,14H2,1-4H3,(H2,26,30). The molecule has 1 amide bonds. The Morgan fingerprint density at radius 2 is 1.82 bits per heavy atom. The molecular formula is C25H26N4O4S. The summed E-state index contributed by atoms with van der Waals surface area (Å²) in [6, 6.07) is 15.2. The highest BCUT2D eigenvalue weighted by Gasteiger charge is 2.22. The normalized spacial score (nSPS) is 11.9. The second kappa shape index (κ2) is 9.56. The molecule has 0 saturated heterocycles. The summed E-state index contributed by atoms with van der Waals surface area (Å²) in [6.45, 7) is 5.65. The van der Waals surface area contributed by atoms with Crippen LogP contribution in [0.2, 0.25) is 0 Å². The molecule has 0 spiro atoms. The SMILES string of the molecule is Cc1cccc(C)c1Nc1c(-c2c(C)cc(OS(C)=O)cc2OCC(N)=O)nc2ccccn12. The number of imidazole rings is 1. The Morgan fingerprint density at radius 3 is 2.50 bits per heavy atom. The molecule has 0 radical (unpaired) electrons. The summed E-state index contributed by atoms with van der Waals surface area (Å²) in [5.41, 5.74) is 11.3. The van der Waals surface area contributed by atoms with Crippen LogP contribution in [0.4, 0.5) is 11.5 Å². The van der Waals surface area contributed by atoms with Gasteiger partial charge in [-0.2, -0.15) is 0 Å². The molecule has 0 fully saturated rings. The minimum Gasteiger partial charge on any atom is -0.483 e. The molecule has 0 aliphatic carbocycles. The number of pyridine rings is 1. The van der Waals surface area contributed by atoms with E-state index in [-0.39, 0.29) is 6.61 Å². The molecular weight excluding hydrogens is 452 g/mol. The van der Waals surface area contributed by atoms with Gasteiger partial charge in [0.05, 0.1) is 0 Å². The number of amides is 1. The third-order valence-electron chi connectivity index (χ3n) is 5.35. The van der Waals surface area contributed by atoms with Crippen molar-refractivity contribution in [1.29, 1.82) is 0 Å². The zero-order chi connectivity index (χ0) is 24.4. The van der Waals surface area contributed by atoms with Gasteiger partial charge in [0, 0.05) is 29.8 Å². The molecule has 34 heavy (non-hydrogen) atoms. The zero-order valence-electron chi connectivity index (χ0n) is 19.4. The fraction of sp³-hybridized carbons (Fsp3) is 0.200. The van der Waals surface area contributed by atoms with Gasteiger partial charge in [-0.05, 0) is 55.7 Å². The number of hydrogen-bond donors (Lipinski definition) is 2. The van der Waals surface area contributed by atoms with Crippen LogP contribution in [0.15, 0.2) is 54.7 Å². The van der Waals surface area contributed by atoms with Gasteiger partial charge in [0.1, 0.15) is 28.7 Å². The number of nitrogens with one attached hydrogen (secondary N) is 1. The molecule has 2 aromatic carbocycles. The second-order valence-corrected chi connectivity index (χ2v) is 8.95. The van der Waals surface area contributed by atoms with Gasteiger partial charge in [-0.3, -0.25) is 9.20 Å². The second-order valence-electron chi connectivity index (χ2n) is 7.98.